The van der Waals surface area contributed by atoms with Crippen molar-refractivity contribution in [2.45, 2.75) is 19.8 Å². The number of rotatable bonds is 1. The molecule has 1 aromatic heterocycles. The number of benzene rings is 1. The third kappa shape index (κ3) is 1.29. The SMILES string of the molecule is CC(C)c1ccc2cn(C)nc2c1F. The molecule has 1 aromatic carbocycles. The first-order chi connectivity index (χ1) is 6.59. The first-order valence-electron chi connectivity index (χ1n) is 4.71. The van der Waals surface area contributed by atoms with E-state index in [1.165, 1.54) is 0 Å². The smallest absolute Gasteiger partial charge is 0.154 e. The fourth-order valence-electron chi connectivity index (χ4n) is 1.63. The van der Waals surface area contributed by atoms with Gasteiger partial charge in [-0.25, -0.2) is 4.39 Å². The minimum atomic E-state index is -0.182. The Morgan fingerprint density at radius 1 is 1.36 bits per heavy atom. The second-order valence-corrected chi connectivity index (χ2v) is 3.86. The highest BCUT2D eigenvalue weighted by molar-refractivity contribution is 5.79. The summed E-state index contributed by atoms with van der Waals surface area (Å²) < 4.78 is 15.5. The van der Waals surface area contributed by atoms with Gasteiger partial charge in [0.15, 0.2) is 5.82 Å². The Labute approximate surface area is 82.3 Å². The Hall–Kier alpha value is -1.38. The third-order valence-electron chi connectivity index (χ3n) is 2.38. The summed E-state index contributed by atoms with van der Waals surface area (Å²) in [6.07, 6.45) is 1.82. The van der Waals surface area contributed by atoms with Crippen molar-refractivity contribution in [2.24, 2.45) is 7.05 Å². The zero-order chi connectivity index (χ0) is 10.3. The van der Waals surface area contributed by atoms with E-state index >= 15 is 0 Å². The van der Waals surface area contributed by atoms with Crippen LogP contribution in [0, 0.1) is 5.82 Å². The Morgan fingerprint density at radius 2 is 2.07 bits per heavy atom. The number of nitrogens with zero attached hydrogens (tertiary/aromatic N) is 2. The summed E-state index contributed by atoms with van der Waals surface area (Å²) in [5, 5.41) is 4.95. The van der Waals surface area contributed by atoms with Crippen molar-refractivity contribution in [1.82, 2.24) is 9.78 Å². The Kier molecular flexibility index (Phi) is 2.02. The molecule has 0 N–H and O–H groups in total. The standard InChI is InChI=1S/C11H13FN2/c1-7(2)9-5-4-8-6-14(3)13-11(8)10(9)12/h4-7H,1-3H3. The van der Waals surface area contributed by atoms with E-state index in [-0.39, 0.29) is 11.7 Å². The second-order valence-electron chi connectivity index (χ2n) is 3.86. The quantitative estimate of drug-likeness (QED) is 0.679. The van der Waals surface area contributed by atoms with Gasteiger partial charge in [0.1, 0.15) is 5.52 Å². The van der Waals surface area contributed by atoms with Crippen molar-refractivity contribution in [3.63, 3.8) is 0 Å². The third-order valence-corrected chi connectivity index (χ3v) is 2.38. The number of hydrogen-bond acceptors (Lipinski definition) is 1. The maximum Gasteiger partial charge on any atom is 0.154 e. The normalized spacial score (nSPS) is 11.5. The van der Waals surface area contributed by atoms with Gasteiger partial charge in [-0.2, -0.15) is 5.10 Å². The van der Waals surface area contributed by atoms with Crippen LogP contribution >= 0.6 is 0 Å². The molecule has 0 aliphatic carbocycles. The predicted molar refractivity (Wildman–Crippen MR) is 54.8 cm³/mol. The van der Waals surface area contributed by atoms with Gasteiger partial charge in [0.25, 0.3) is 0 Å². The molecular formula is C11H13FN2. The summed E-state index contributed by atoms with van der Waals surface area (Å²) in [5.74, 6) is 0.0134. The molecule has 14 heavy (non-hydrogen) atoms. The molecule has 2 rings (SSSR count). The molecule has 2 aromatic rings. The maximum atomic E-state index is 13.9. The molecule has 0 amide bonds. The van der Waals surface area contributed by atoms with Crippen LogP contribution in [0.25, 0.3) is 10.9 Å². The van der Waals surface area contributed by atoms with Gasteiger partial charge in [-0.05, 0) is 11.5 Å². The minimum absolute atomic E-state index is 0.182. The van der Waals surface area contributed by atoms with E-state index in [0.29, 0.717) is 5.52 Å². The van der Waals surface area contributed by atoms with Gasteiger partial charge in [-0.3, -0.25) is 4.68 Å². The molecule has 0 aliphatic heterocycles. The van der Waals surface area contributed by atoms with E-state index in [0.717, 1.165) is 10.9 Å². The zero-order valence-electron chi connectivity index (χ0n) is 8.58. The fourth-order valence-corrected chi connectivity index (χ4v) is 1.63. The molecule has 0 spiro atoms. The Bertz CT molecular complexity index is 471. The molecule has 2 nitrogen and oxygen atoms in total. The predicted octanol–water partition coefficient (Wildman–Crippen LogP) is 2.84. The van der Waals surface area contributed by atoms with Crippen molar-refractivity contribution < 1.29 is 4.39 Å². The highest BCUT2D eigenvalue weighted by Crippen LogP contribution is 2.24. The zero-order valence-corrected chi connectivity index (χ0v) is 8.58. The van der Waals surface area contributed by atoms with Gasteiger partial charge >= 0.3 is 0 Å². The van der Waals surface area contributed by atoms with Crippen molar-refractivity contribution in [2.75, 3.05) is 0 Å². The average molecular weight is 192 g/mol. The first-order valence-corrected chi connectivity index (χ1v) is 4.71. The topological polar surface area (TPSA) is 17.8 Å². The van der Waals surface area contributed by atoms with Crippen LogP contribution in [-0.4, -0.2) is 9.78 Å². The lowest BCUT2D eigenvalue weighted by atomic mass is 10.0. The van der Waals surface area contributed by atoms with E-state index in [9.17, 15) is 4.39 Å². The summed E-state index contributed by atoms with van der Waals surface area (Å²) >= 11 is 0. The number of halogens is 1. The largest absolute Gasteiger partial charge is 0.274 e. The van der Waals surface area contributed by atoms with Crippen molar-refractivity contribution >= 4 is 10.9 Å². The molecule has 0 radical (unpaired) electrons. The van der Waals surface area contributed by atoms with Gasteiger partial charge in [0.05, 0.1) is 0 Å². The highest BCUT2D eigenvalue weighted by Gasteiger charge is 2.12. The highest BCUT2D eigenvalue weighted by atomic mass is 19.1. The van der Waals surface area contributed by atoms with Gasteiger partial charge in [0, 0.05) is 18.6 Å². The molecular weight excluding hydrogens is 179 g/mol. The lowest BCUT2D eigenvalue weighted by Crippen LogP contribution is -1.94. The summed E-state index contributed by atoms with van der Waals surface area (Å²) in [7, 11) is 1.80. The molecule has 0 saturated carbocycles. The molecule has 3 heteroatoms. The molecule has 74 valence electrons. The molecule has 1 heterocycles. The van der Waals surface area contributed by atoms with E-state index < -0.39 is 0 Å². The number of hydrogen-bond donors (Lipinski definition) is 0. The van der Waals surface area contributed by atoms with Gasteiger partial charge in [-0.1, -0.05) is 26.0 Å². The Morgan fingerprint density at radius 3 is 2.71 bits per heavy atom. The van der Waals surface area contributed by atoms with Crippen molar-refractivity contribution in [3.8, 4) is 0 Å². The average Bonchev–Trinajstić information content (AvgIpc) is 2.46. The minimum Gasteiger partial charge on any atom is -0.274 e. The van der Waals surface area contributed by atoms with E-state index in [1.54, 1.807) is 11.7 Å². The molecule has 0 fully saturated rings. The van der Waals surface area contributed by atoms with E-state index in [2.05, 4.69) is 5.10 Å². The Balaban J connectivity index is 2.74. The van der Waals surface area contributed by atoms with E-state index in [4.69, 9.17) is 0 Å². The molecule has 0 aliphatic rings. The lowest BCUT2D eigenvalue weighted by molar-refractivity contribution is 0.604. The molecule has 0 bridgehead atoms. The molecule has 0 saturated heterocycles. The first kappa shape index (κ1) is 9.19. The monoisotopic (exact) mass is 192 g/mol. The van der Waals surface area contributed by atoms with Crippen LogP contribution in [0.1, 0.15) is 25.3 Å². The van der Waals surface area contributed by atoms with Gasteiger partial charge in [-0.15, -0.1) is 0 Å². The van der Waals surface area contributed by atoms with Crippen LogP contribution in [0.3, 0.4) is 0 Å². The van der Waals surface area contributed by atoms with Crippen LogP contribution in [0.5, 0.6) is 0 Å². The van der Waals surface area contributed by atoms with Gasteiger partial charge in [0.2, 0.25) is 0 Å². The summed E-state index contributed by atoms with van der Waals surface area (Å²) in [6, 6.07) is 3.75. The van der Waals surface area contributed by atoms with E-state index in [1.807, 2.05) is 32.2 Å². The van der Waals surface area contributed by atoms with Crippen molar-refractivity contribution in [3.05, 3.63) is 29.7 Å². The van der Waals surface area contributed by atoms with Crippen LogP contribution in [-0.2, 0) is 7.05 Å². The van der Waals surface area contributed by atoms with Crippen LogP contribution in [0.4, 0.5) is 4.39 Å². The maximum absolute atomic E-state index is 13.9. The van der Waals surface area contributed by atoms with Gasteiger partial charge < -0.3 is 0 Å². The van der Waals surface area contributed by atoms with Crippen LogP contribution in [0.2, 0.25) is 0 Å². The van der Waals surface area contributed by atoms with Crippen molar-refractivity contribution in [1.29, 1.82) is 0 Å². The summed E-state index contributed by atoms with van der Waals surface area (Å²) in [4.78, 5) is 0. The lowest BCUT2D eigenvalue weighted by Gasteiger charge is -2.05. The summed E-state index contributed by atoms with van der Waals surface area (Å²) in [6.45, 7) is 3.96. The number of aryl methyl sites for hydroxylation is 1. The molecule has 0 atom stereocenters. The van der Waals surface area contributed by atoms with Crippen LogP contribution in [0.15, 0.2) is 18.3 Å². The molecule has 0 unspecified atom stereocenters. The summed E-state index contributed by atoms with van der Waals surface area (Å²) in [5.41, 5.74) is 1.20. The van der Waals surface area contributed by atoms with Crippen LogP contribution < -0.4 is 0 Å². The number of aromatic nitrogens is 2. The second kappa shape index (κ2) is 3.08. The number of fused-ring (bicyclic) bond motifs is 1. The fraction of sp³-hybridized carbons (Fsp3) is 0.364.